The maximum Gasteiger partial charge on any atom is 0.500 e. The smallest absolute Gasteiger partial charge is 0.466 e. The van der Waals surface area contributed by atoms with Gasteiger partial charge in [-0.05, 0) is 74.4 Å². The molecule has 0 aliphatic carbocycles. The lowest BCUT2D eigenvalue weighted by Crippen LogP contribution is -2.45. The number of hydrogen-bond donors (Lipinski definition) is 0. The van der Waals surface area contributed by atoms with E-state index in [4.69, 9.17) is 13.3 Å². The van der Waals surface area contributed by atoms with Crippen LogP contribution in [0.1, 0.15) is 44.7 Å². The van der Waals surface area contributed by atoms with Gasteiger partial charge >= 0.3 is 14.8 Å². The summed E-state index contributed by atoms with van der Waals surface area (Å²) in [5.41, 5.74) is 4.54. The second-order valence-corrected chi connectivity index (χ2v) is 10.1. The van der Waals surface area contributed by atoms with Crippen LogP contribution >= 0.6 is 0 Å². The summed E-state index contributed by atoms with van der Waals surface area (Å²) >= 11 is 0. The SMILES string of the molecule is CCO[Si](CCCCc1ccc(-c2cccc(C=CC(=O)OC)c2)cc1)(OCC)OCC. The lowest BCUT2D eigenvalue weighted by Gasteiger charge is -2.28. The topological polar surface area (TPSA) is 54.0 Å². The van der Waals surface area contributed by atoms with Crippen LogP contribution in [-0.2, 0) is 29.2 Å². The van der Waals surface area contributed by atoms with E-state index in [2.05, 4.69) is 41.1 Å². The lowest BCUT2D eigenvalue weighted by atomic mass is 10.00. The second kappa shape index (κ2) is 14.0. The highest BCUT2D eigenvalue weighted by Gasteiger charge is 2.39. The van der Waals surface area contributed by atoms with Gasteiger partial charge in [0.25, 0.3) is 0 Å². The number of hydrogen-bond acceptors (Lipinski definition) is 5. The number of rotatable bonds is 14. The number of esters is 1. The summed E-state index contributed by atoms with van der Waals surface area (Å²) < 4.78 is 22.5. The Morgan fingerprint density at radius 2 is 1.53 bits per heavy atom. The molecule has 0 saturated heterocycles. The summed E-state index contributed by atoms with van der Waals surface area (Å²) in [5, 5.41) is 0. The van der Waals surface area contributed by atoms with Crippen LogP contribution in [0.15, 0.2) is 54.6 Å². The molecule has 2 rings (SSSR count). The number of ether oxygens (including phenoxy) is 1. The predicted octanol–water partition coefficient (Wildman–Crippen LogP) is 5.91. The first kappa shape index (κ1) is 26.0. The van der Waals surface area contributed by atoms with Crippen LogP contribution in [0, 0.1) is 0 Å². The molecule has 0 spiro atoms. The van der Waals surface area contributed by atoms with Crippen LogP contribution in [0.3, 0.4) is 0 Å². The zero-order valence-electron chi connectivity index (χ0n) is 19.8. The Hall–Kier alpha value is -2.25. The number of benzene rings is 2. The van der Waals surface area contributed by atoms with Crippen molar-refractivity contribution in [2.75, 3.05) is 26.9 Å². The van der Waals surface area contributed by atoms with E-state index in [9.17, 15) is 4.79 Å². The number of methoxy groups -OCH3 is 1. The van der Waals surface area contributed by atoms with Crippen LogP contribution in [0.4, 0.5) is 0 Å². The van der Waals surface area contributed by atoms with Crippen molar-refractivity contribution in [2.45, 2.75) is 46.1 Å². The van der Waals surface area contributed by atoms with Crippen molar-refractivity contribution in [3.05, 3.63) is 65.7 Å². The van der Waals surface area contributed by atoms with Crippen molar-refractivity contribution >= 4 is 20.8 Å². The van der Waals surface area contributed by atoms with E-state index < -0.39 is 8.80 Å². The zero-order chi connectivity index (χ0) is 23.2. The summed E-state index contributed by atoms with van der Waals surface area (Å²) in [4.78, 5) is 11.3. The van der Waals surface area contributed by atoms with Crippen molar-refractivity contribution in [3.8, 4) is 11.1 Å². The van der Waals surface area contributed by atoms with Crippen molar-refractivity contribution in [1.82, 2.24) is 0 Å². The van der Waals surface area contributed by atoms with Crippen LogP contribution in [0.2, 0.25) is 6.04 Å². The molecule has 0 bridgehead atoms. The second-order valence-electron chi connectivity index (χ2n) is 7.37. The highest BCUT2D eigenvalue weighted by atomic mass is 28.4. The Morgan fingerprint density at radius 1 is 0.875 bits per heavy atom. The molecular formula is C26H36O5Si. The van der Waals surface area contributed by atoms with Gasteiger partial charge in [0.1, 0.15) is 0 Å². The minimum absolute atomic E-state index is 0.358. The molecule has 2 aromatic rings. The Bertz CT molecular complexity index is 831. The third kappa shape index (κ3) is 8.35. The molecule has 0 unspecified atom stereocenters. The van der Waals surface area contributed by atoms with Gasteiger partial charge in [-0.15, -0.1) is 0 Å². The fourth-order valence-corrected chi connectivity index (χ4v) is 6.28. The molecule has 2 aromatic carbocycles. The third-order valence-electron chi connectivity index (χ3n) is 5.08. The van der Waals surface area contributed by atoms with Crippen LogP contribution in [-0.4, -0.2) is 41.7 Å². The van der Waals surface area contributed by atoms with Crippen molar-refractivity contribution in [2.24, 2.45) is 0 Å². The molecule has 0 aromatic heterocycles. The molecule has 32 heavy (non-hydrogen) atoms. The Kier molecular flexibility index (Phi) is 11.4. The van der Waals surface area contributed by atoms with Gasteiger partial charge in [0.05, 0.1) is 7.11 Å². The van der Waals surface area contributed by atoms with Gasteiger partial charge in [0, 0.05) is 31.9 Å². The summed E-state index contributed by atoms with van der Waals surface area (Å²) in [7, 11) is -1.17. The van der Waals surface area contributed by atoms with E-state index in [0.717, 1.165) is 42.0 Å². The zero-order valence-corrected chi connectivity index (χ0v) is 20.8. The molecule has 0 heterocycles. The molecule has 0 atom stereocenters. The quantitative estimate of drug-likeness (QED) is 0.153. The van der Waals surface area contributed by atoms with Gasteiger partial charge in [0.2, 0.25) is 0 Å². The average Bonchev–Trinajstić information content (AvgIpc) is 2.81. The van der Waals surface area contributed by atoms with Crippen molar-refractivity contribution in [1.29, 1.82) is 0 Å². The van der Waals surface area contributed by atoms with E-state index in [1.54, 1.807) is 6.08 Å². The standard InChI is InChI=1S/C26H36O5Si/c1-5-29-32(30-6-2,31-7-3)20-9-8-11-22-14-17-24(18-15-22)25-13-10-12-23(21-25)16-19-26(27)28-4/h10,12-19,21H,5-9,11,20H2,1-4H3. The molecule has 0 radical (unpaired) electrons. The maximum atomic E-state index is 11.3. The summed E-state index contributed by atoms with van der Waals surface area (Å²) in [6.45, 7) is 7.83. The molecule has 0 aliphatic rings. The van der Waals surface area contributed by atoms with Crippen LogP contribution < -0.4 is 0 Å². The van der Waals surface area contributed by atoms with Crippen molar-refractivity contribution < 1.29 is 22.8 Å². The Balaban J connectivity index is 1.93. The molecule has 0 N–H and O–H groups in total. The number of aryl methyl sites for hydroxylation is 1. The number of carbonyl (C=O) groups excluding carboxylic acids is 1. The first-order valence-electron chi connectivity index (χ1n) is 11.4. The number of carbonyl (C=O) groups is 1. The minimum Gasteiger partial charge on any atom is -0.466 e. The monoisotopic (exact) mass is 456 g/mol. The number of unbranched alkanes of at least 4 members (excludes halogenated alkanes) is 1. The molecule has 0 fully saturated rings. The van der Waals surface area contributed by atoms with E-state index in [-0.39, 0.29) is 5.97 Å². The highest BCUT2D eigenvalue weighted by molar-refractivity contribution is 6.60. The van der Waals surface area contributed by atoms with E-state index in [1.165, 1.54) is 18.7 Å². The molecule has 0 saturated carbocycles. The predicted molar refractivity (Wildman–Crippen MR) is 131 cm³/mol. The molecule has 0 amide bonds. The van der Waals surface area contributed by atoms with Gasteiger partial charge in [-0.25, -0.2) is 4.79 Å². The normalized spacial score (nSPS) is 11.8. The molecule has 0 aliphatic heterocycles. The third-order valence-corrected chi connectivity index (χ3v) is 8.23. The summed E-state index contributed by atoms with van der Waals surface area (Å²) in [5.74, 6) is -0.358. The van der Waals surface area contributed by atoms with E-state index in [0.29, 0.717) is 19.8 Å². The van der Waals surface area contributed by atoms with E-state index >= 15 is 0 Å². The van der Waals surface area contributed by atoms with Crippen LogP contribution in [0.5, 0.6) is 0 Å². The average molecular weight is 457 g/mol. The molecular weight excluding hydrogens is 420 g/mol. The highest BCUT2D eigenvalue weighted by Crippen LogP contribution is 2.23. The minimum atomic E-state index is -2.54. The largest absolute Gasteiger partial charge is 0.500 e. The summed E-state index contributed by atoms with van der Waals surface area (Å²) in [6, 6.07) is 17.6. The fourth-order valence-electron chi connectivity index (χ4n) is 3.59. The Labute approximate surface area is 193 Å². The molecule has 6 heteroatoms. The van der Waals surface area contributed by atoms with Gasteiger partial charge in [0.15, 0.2) is 0 Å². The van der Waals surface area contributed by atoms with E-state index in [1.807, 2.05) is 32.9 Å². The fraction of sp³-hybridized carbons (Fsp3) is 0.423. The first-order chi connectivity index (χ1) is 15.6. The van der Waals surface area contributed by atoms with Crippen LogP contribution in [0.25, 0.3) is 17.2 Å². The van der Waals surface area contributed by atoms with Gasteiger partial charge < -0.3 is 18.0 Å². The Morgan fingerprint density at radius 3 is 2.12 bits per heavy atom. The lowest BCUT2D eigenvalue weighted by molar-refractivity contribution is -0.134. The summed E-state index contributed by atoms with van der Waals surface area (Å²) in [6.07, 6.45) is 6.29. The van der Waals surface area contributed by atoms with Crippen molar-refractivity contribution in [3.63, 3.8) is 0 Å². The van der Waals surface area contributed by atoms with Gasteiger partial charge in [-0.3, -0.25) is 0 Å². The first-order valence-corrected chi connectivity index (χ1v) is 13.4. The molecule has 5 nitrogen and oxygen atoms in total. The molecule has 174 valence electrons. The van der Waals surface area contributed by atoms with Gasteiger partial charge in [-0.2, -0.15) is 0 Å². The maximum absolute atomic E-state index is 11.3. The van der Waals surface area contributed by atoms with Gasteiger partial charge in [-0.1, -0.05) is 42.5 Å².